The summed E-state index contributed by atoms with van der Waals surface area (Å²) in [5, 5.41) is 19.8. The van der Waals surface area contributed by atoms with Gasteiger partial charge in [-0.05, 0) is 53.6 Å². The van der Waals surface area contributed by atoms with Crippen molar-refractivity contribution in [3.05, 3.63) is 105 Å². The normalized spacial score (nSPS) is 11.5. The molecule has 0 saturated carbocycles. The zero-order chi connectivity index (χ0) is 22.0. The zero-order valence-electron chi connectivity index (χ0n) is 16.2. The number of nitrogens with zero attached hydrogens (tertiary/aromatic N) is 2. The Labute approximate surface area is 186 Å². The number of halogens is 2. The number of hydrogen-bond acceptors (Lipinski definition) is 2. The highest BCUT2D eigenvalue weighted by molar-refractivity contribution is 9.10. The van der Waals surface area contributed by atoms with Gasteiger partial charge in [0.25, 0.3) is 0 Å². The smallest absolute Gasteiger partial charge is 0.335 e. The standard InChI is InChI=1S/C25H16BrFN2O2/c26-21-7-10-23-20(11-19(13-28)17-3-5-18(6-4-17)25(30)31)15-29(24(23)12-21)14-16-1-8-22(27)9-2-16/h1-12,15H,14H2,(H,30,31). The summed E-state index contributed by atoms with van der Waals surface area (Å²) in [5.74, 6) is -1.29. The largest absolute Gasteiger partial charge is 0.478 e. The highest BCUT2D eigenvalue weighted by Gasteiger charge is 2.11. The summed E-state index contributed by atoms with van der Waals surface area (Å²) in [6.07, 6.45) is 3.76. The predicted molar refractivity (Wildman–Crippen MR) is 122 cm³/mol. The van der Waals surface area contributed by atoms with Crippen LogP contribution in [0, 0.1) is 17.1 Å². The number of carbonyl (C=O) groups is 1. The molecule has 31 heavy (non-hydrogen) atoms. The fraction of sp³-hybridized carbons (Fsp3) is 0.0400. The SMILES string of the molecule is N#CC(=Cc1cn(Cc2ccc(F)cc2)c2cc(Br)ccc12)c1ccc(C(=O)O)cc1. The lowest BCUT2D eigenvalue weighted by Crippen LogP contribution is -1.97. The van der Waals surface area contributed by atoms with Gasteiger partial charge in [-0.25, -0.2) is 9.18 Å². The van der Waals surface area contributed by atoms with Crippen LogP contribution in [0.15, 0.2) is 77.4 Å². The Balaban J connectivity index is 1.78. The molecule has 1 heterocycles. The Hall–Kier alpha value is -3.69. The van der Waals surface area contributed by atoms with Crippen LogP contribution < -0.4 is 0 Å². The topological polar surface area (TPSA) is 66.0 Å². The van der Waals surface area contributed by atoms with Crippen molar-refractivity contribution in [1.82, 2.24) is 4.57 Å². The van der Waals surface area contributed by atoms with E-state index < -0.39 is 5.97 Å². The third-order valence-electron chi connectivity index (χ3n) is 5.00. The van der Waals surface area contributed by atoms with Gasteiger partial charge in [0.05, 0.1) is 22.7 Å². The van der Waals surface area contributed by atoms with E-state index in [1.807, 2.05) is 24.4 Å². The molecule has 0 amide bonds. The molecule has 0 radical (unpaired) electrons. The van der Waals surface area contributed by atoms with E-state index in [2.05, 4.69) is 26.6 Å². The molecule has 0 atom stereocenters. The van der Waals surface area contributed by atoms with Gasteiger partial charge in [0, 0.05) is 28.2 Å². The van der Waals surface area contributed by atoms with E-state index >= 15 is 0 Å². The molecule has 0 spiro atoms. The van der Waals surface area contributed by atoms with Gasteiger partial charge >= 0.3 is 5.97 Å². The molecule has 0 saturated heterocycles. The zero-order valence-corrected chi connectivity index (χ0v) is 17.8. The molecule has 1 N–H and O–H groups in total. The maximum atomic E-state index is 13.3. The van der Waals surface area contributed by atoms with E-state index in [0.717, 1.165) is 26.5 Å². The minimum Gasteiger partial charge on any atom is -0.478 e. The van der Waals surface area contributed by atoms with Crippen LogP contribution in [-0.4, -0.2) is 15.6 Å². The van der Waals surface area contributed by atoms with Gasteiger partial charge in [-0.15, -0.1) is 0 Å². The van der Waals surface area contributed by atoms with Crippen molar-refractivity contribution in [3.63, 3.8) is 0 Å². The van der Waals surface area contributed by atoms with Crippen LogP contribution in [0.25, 0.3) is 22.6 Å². The Morgan fingerprint density at radius 1 is 1.06 bits per heavy atom. The molecule has 4 rings (SSSR count). The van der Waals surface area contributed by atoms with E-state index in [1.54, 1.807) is 30.3 Å². The molecule has 0 fully saturated rings. The van der Waals surface area contributed by atoms with E-state index in [4.69, 9.17) is 5.11 Å². The third-order valence-corrected chi connectivity index (χ3v) is 5.50. The number of allylic oxidation sites excluding steroid dienone is 1. The number of aromatic nitrogens is 1. The van der Waals surface area contributed by atoms with Gasteiger partial charge in [-0.2, -0.15) is 5.26 Å². The average Bonchev–Trinajstić information content (AvgIpc) is 3.09. The summed E-state index contributed by atoms with van der Waals surface area (Å²) in [6, 6.07) is 20.7. The lowest BCUT2D eigenvalue weighted by molar-refractivity contribution is 0.0697. The van der Waals surface area contributed by atoms with E-state index in [0.29, 0.717) is 17.7 Å². The Kier molecular flexibility index (Phi) is 5.70. The molecule has 4 aromatic rings. The van der Waals surface area contributed by atoms with Crippen molar-refractivity contribution in [2.45, 2.75) is 6.54 Å². The number of carboxylic acids is 1. The van der Waals surface area contributed by atoms with Crippen molar-refractivity contribution in [2.75, 3.05) is 0 Å². The number of fused-ring (bicyclic) bond motifs is 1. The number of aromatic carboxylic acids is 1. The molecular weight excluding hydrogens is 459 g/mol. The highest BCUT2D eigenvalue weighted by Crippen LogP contribution is 2.29. The Morgan fingerprint density at radius 2 is 1.74 bits per heavy atom. The number of nitriles is 1. The molecule has 3 aromatic carbocycles. The first-order chi connectivity index (χ1) is 14.9. The first kappa shape index (κ1) is 20.6. The van der Waals surface area contributed by atoms with Gasteiger partial charge in [-0.1, -0.05) is 46.3 Å². The molecular formula is C25H16BrFN2O2. The summed E-state index contributed by atoms with van der Waals surface area (Å²) < 4.78 is 16.3. The summed E-state index contributed by atoms with van der Waals surface area (Å²) in [6.45, 7) is 0.552. The van der Waals surface area contributed by atoms with Crippen molar-refractivity contribution >= 4 is 44.5 Å². The fourth-order valence-corrected chi connectivity index (χ4v) is 3.80. The van der Waals surface area contributed by atoms with E-state index in [9.17, 15) is 14.4 Å². The number of hydrogen-bond donors (Lipinski definition) is 1. The maximum Gasteiger partial charge on any atom is 0.335 e. The van der Waals surface area contributed by atoms with Gasteiger partial charge in [0.1, 0.15) is 5.82 Å². The second kappa shape index (κ2) is 8.58. The Morgan fingerprint density at radius 3 is 2.39 bits per heavy atom. The lowest BCUT2D eigenvalue weighted by Gasteiger charge is -2.06. The van der Waals surface area contributed by atoms with Crippen molar-refractivity contribution in [1.29, 1.82) is 5.26 Å². The minimum absolute atomic E-state index is 0.168. The predicted octanol–water partition coefficient (Wildman–Crippen LogP) is 6.35. The molecule has 152 valence electrons. The van der Waals surface area contributed by atoms with Gasteiger partial charge in [0.15, 0.2) is 0 Å². The van der Waals surface area contributed by atoms with Crippen LogP contribution in [0.1, 0.15) is 27.0 Å². The molecule has 0 bridgehead atoms. The molecule has 0 unspecified atom stereocenters. The molecule has 6 heteroatoms. The first-order valence-corrected chi connectivity index (χ1v) is 10.2. The second-order valence-electron chi connectivity index (χ2n) is 7.05. The summed E-state index contributed by atoms with van der Waals surface area (Å²) in [7, 11) is 0. The molecule has 4 nitrogen and oxygen atoms in total. The monoisotopic (exact) mass is 474 g/mol. The molecule has 0 aliphatic heterocycles. The van der Waals surface area contributed by atoms with Crippen molar-refractivity contribution in [3.8, 4) is 6.07 Å². The molecule has 1 aromatic heterocycles. The van der Waals surface area contributed by atoms with Crippen LogP contribution in [0.5, 0.6) is 0 Å². The molecule has 0 aliphatic carbocycles. The highest BCUT2D eigenvalue weighted by atomic mass is 79.9. The number of carboxylic acid groups (broad SMARTS) is 1. The summed E-state index contributed by atoms with van der Waals surface area (Å²) in [4.78, 5) is 11.1. The fourth-order valence-electron chi connectivity index (χ4n) is 3.45. The number of benzene rings is 3. The van der Waals surface area contributed by atoms with Crippen molar-refractivity contribution in [2.24, 2.45) is 0 Å². The van der Waals surface area contributed by atoms with Crippen LogP contribution in [0.4, 0.5) is 4.39 Å². The second-order valence-corrected chi connectivity index (χ2v) is 7.97. The third kappa shape index (κ3) is 4.42. The van der Waals surface area contributed by atoms with Crippen LogP contribution in [0.2, 0.25) is 0 Å². The molecule has 0 aliphatic rings. The van der Waals surface area contributed by atoms with Gasteiger partial charge in [-0.3, -0.25) is 0 Å². The van der Waals surface area contributed by atoms with Crippen LogP contribution >= 0.6 is 15.9 Å². The van der Waals surface area contributed by atoms with E-state index in [-0.39, 0.29) is 11.4 Å². The van der Waals surface area contributed by atoms with Gasteiger partial charge < -0.3 is 9.67 Å². The van der Waals surface area contributed by atoms with Crippen LogP contribution in [0.3, 0.4) is 0 Å². The quantitative estimate of drug-likeness (QED) is 0.342. The minimum atomic E-state index is -1.01. The summed E-state index contributed by atoms with van der Waals surface area (Å²) >= 11 is 3.51. The van der Waals surface area contributed by atoms with Crippen LogP contribution in [-0.2, 0) is 6.54 Å². The van der Waals surface area contributed by atoms with Gasteiger partial charge in [0.2, 0.25) is 0 Å². The average molecular weight is 475 g/mol. The maximum absolute atomic E-state index is 13.3. The van der Waals surface area contributed by atoms with E-state index in [1.165, 1.54) is 24.3 Å². The van der Waals surface area contributed by atoms with Crippen molar-refractivity contribution < 1.29 is 14.3 Å². The number of rotatable bonds is 5. The Bertz CT molecular complexity index is 1350. The summed E-state index contributed by atoms with van der Waals surface area (Å²) in [5.41, 5.74) is 4.04. The lowest BCUT2D eigenvalue weighted by atomic mass is 10.0. The first-order valence-electron chi connectivity index (χ1n) is 9.43.